The second kappa shape index (κ2) is 10.8. The zero-order chi connectivity index (χ0) is 27.8. The summed E-state index contributed by atoms with van der Waals surface area (Å²) in [5, 5.41) is 0. The third-order valence-corrected chi connectivity index (χ3v) is 12.7. The topological polar surface area (TPSA) is 186 Å². The number of nitrogens with one attached hydrogen (secondary N) is 2. The number of fused-ring (bicyclic) bond motifs is 1. The number of piperazine rings is 1. The van der Waals surface area contributed by atoms with Crippen LogP contribution in [0.3, 0.4) is 0 Å². The maximum Gasteiger partial charge on any atom is 0.385 e. The molecule has 212 valence electrons. The number of quaternary nitrogens is 1. The fourth-order valence-electron chi connectivity index (χ4n) is 4.75. The molecule has 4 N–H and O–H groups in total. The van der Waals surface area contributed by atoms with Crippen LogP contribution in [0.25, 0.3) is 21.6 Å². The van der Waals surface area contributed by atoms with E-state index in [4.69, 9.17) is 20.4 Å². The van der Waals surface area contributed by atoms with Gasteiger partial charge in [-0.2, -0.15) is 26.3 Å². The largest absolute Gasteiger partial charge is 0.385 e. The first-order valence-corrected chi connectivity index (χ1v) is 16.0. The number of thiophene rings is 1. The molecule has 0 amide bonds. The van der Waals surface area contributed by atoms with Crippen molar-refractivity contribution < 1.29 is 24.9 Å². The van der Waals surface area contributed by atoms with E-state index in [1.807, 2.05) is 11.0 Å². The summed E-state index contributed by atoms with van der Waals surface area (Å²) >= 11 is 1.57. The number of rotatable bonds is 8. The van der Waals surface area contributed by atoms with Crippen LogP contribution in [-0.4, -0.2) is 112 Å². The Balaban J connectivity index is 1.44. The molecule has 15 nitrogen and oxygen atoms in total. The standard InChI is InChI=1S/C21H31N10O5S3/c1-23-38(32,33)31(39(34,35)24-2)7-3-29(4-8-31)14-16-11-17-18(37-16)20(30-5-9-36-10-6-30)28-19(27-17)15-12-25-21(22)26-13-15/h11-13,23-24H,3-10,14H2,1-2H3,(H2,22,25,26)/q+1. The Morgan fingerprint density at radius 2 is 1.62 bits per heavy atom. The molecule has 2 fully saturated rings. The van der Waals surface area contributed by atoms with E-state index in [2.05, 4.69) is 24.3 Å². The Hall–Kier alpha value is -2.58. The molecule has 0 unspecified atom stereocenters. The van der Waals surface area contributed by atoms with E-state index in [1.165, 1.54) is 14.1 Å². The summed E-state index contributed by atoms with van der Waals surface area (Å²) in [6.45, 7) is 3.42. The second-order valence-electron chi connectivity index (χ2n) is 9.12. The van der Waals surface area contributed by atoms with Crippen molar-refractivity contribution in [2.45, 2.75) is 6.54 Å². The smallest absolute Gasteiger partial charge is 0.378 e. The molecule has 0 atom stereocenters. The van der Waals surface area contributed by atoms with Crippen LogP contribution < -0.4 is 20.1 Å². The van der Waals surface area contributed by atoms with Crippen LogP contribution in [0.1, 0.15) is 4.88 Å². The lowest BCUT2D eigenvalue weighted by Crippen LogP contribution is -2.69. The first-order chi connectivity index (χ1) is 18.6. The Bertz CT molecular complexity index is 1510. The molecule has 18 heteroatoms. The molecule has 0 aliphatic carbocycles. The van der Waals surface area contributed by atoms with E-state index in [0.717, 1.165) is 20.9 Å². The summed E-state index contributed by atoms with van der Waals surface area (Å²) < 4.78 is 61.0. The summed E-state index contributed by atoms with van der Waals surface area (Å²) in [6.07, 6.45) is 3.19. The lowest BCUT2D eigenvalue weighted by molar-refractivity contribution is -0.683. The average Bonchev–Trinajstić information content (AvgIpc) is 3.36. The summed E-state index contributed by atoms with van der Waals surface area (Å²) in [5.41, 5.74) is 7.07. The van der Waals surface area contributed by atoms with Gasteiger partial charge in [0.15, 0.2) is 11.6 Å². The normalized spacial score (nSPS) is 19.0. The molecule has 2 aliphatic heterocycles. The van der Waals surface area contributed by atoms with Gasteiger partial charge in [0.05, 0.1) is 42.1 Å². The minimum Gasteiger partial charge on any atom is -0.378 e. The van der Waals surface area contributed by atoms with Crippen LogP contribution in [-0.2, 0) is 31.7 Å². The van der Waals surface area contributed by atoms with Crippen molar-refractivity contribution >= 4 is 53.7 Å². The number of nitrogens with zero attached hydrogens (tertiary/aromatic N) is 7. The zero-order valence-electron chi connectivity index (χ0n) is 21.6. The van der Waals surface area contributed by atoms with Crippen LogP contribution in [0.5, 0.6) is 0 Å². The number of morpholine rings is 1. The van der Waals surface area contributed by atoms with Gasteiger partial charge < -0.3 is 15.4 Å². The lowest BCUT2D eigenvalue weighted by Gasteiger charge is -2.40. The van der Waals surface area contributed by atoms with Crippen molar-refractivity contribution in [3.63, 3.8) is 0 Å². The van der Waals surface area contributed by atoms with Gasteiger partial charge in [0.2, 0.25) is 5.95 Å². The monoisotopic (exact) mass is 599 g/mol. The summed E-state index contributed by atoms with van der Waals surface area (Å²) in [5.74, 6) is 1.46. The van der Waals surface area contributed by atoms with Crippen molar-refractivity contribution in [2.24, 2.45) is 0 Å². The highest BCUT2D eigenvalue weighted by Gasteiger charge is 2.54. The first kappa shape index (κ1) is 28.0. The van der Waals surface area contributed by atoms with Crippen molar-refractivity contribution in [1.82, 2.24) is 34.3 Å². The second-order valence-corrected chi connectivity index (χ2v) is 14.6. The average molecular weight is 600 g/mol. The molecule has 39 heavy (non-hydrogen) atoms. The Labute approximate surface area is 231 Å². The van der Waals surface area contributed by atoms with Gasteiger partial charge in [-0.1, -0.05) is 3.29 Å². The molecule has 2 aliphatic rings. The highest BCUT2D eigenvalue weighted by atomic mass is 32.3. The van der Waals surface area contributed by atoms with Gasteiger partial charge in [0.25, 0.3) is 0 Å². The van der Waals surface area contributed by atoms with Gasteiger partial charge in [-0.3, -0.25) is 4.90 Å². The van der Waals surface area contributed by atoms with Crippen molar-refractivity contribution in [1.29, 1.82) is 0 Å². The van der Waals surface area contributed by atoms with Crippen molar-refractivity contribution in [3.8, 4) is 11.4 Å². The molecule has 0 bridgehead atoms. The number of ether oxygens (including phenoxy) is 1. The third-order valence-electron chi connectivity index (χ3n) is 6.93. The highest BCUT2D eigenvalue weighted by Crippen LogP contribution is 2.35. The minimum absolute atomic E-state index is 0.114. The number of nitrogen functional groups attached to an aromatic ring is 1. The maximum atomic E-state index is 12.8. The number of hydrogen-bond donors (Lipinski definition) is 3. The van der Waals surface area contributed by atoms with E-state index in [9.17, 15) is 16.8 Å². The SMILES string of the molecule is CNS(=O)(=O)[N+]1(S(=O)(=O)NC)CCN(Cc2cc3nc(-c4cnc(N)nc4)nc(N4CCOCC4)c3s2)CC1. The zero-order valence-corrected chi connectivity index (χ0v) is 24.0. The van der Waals surface area contributed by atoms with E-state index in [1.54, 1.807) is 23.7 Å². The van der Waals surface area contributed by atoms with E-state index in [-0.39, 0.29) is 32.1 Å². The highest BCUT2D eigenvalue weighted by molar-refractivity contribution is 7.96. The fraction of sp³-hybridized carbons (Fsp3) is 0.524. The predicted molar refractivity (Wildman–Crippen MR) is 147 cm³/mol. The van der Waals surface area contributed by atoms with Crippen LogP contribution in [0, 0.1) is 0 Å². The van der Waals surface area contributed by atoms with Crippen LogP contribution in [0.4, 0.5) is 11.8 Å². The minimum atomic E-state index is -4.16. The molecule has 2 saturated heterocycles. The maximum absolute atomic E-state index is 12.8. The molecule has 3 aromatic heterocycles. The van der Waals surface area contributed by atoms with Crippen molar-refractivity contribution in [3.05, 3.63) is 23.3 Å². The van der Waals surface area contributed by atoms with Gasteiger partial charge in [-0.05, 0) is 6.07 Å². The van der Waals surface area contributed by atoms with Gasteiger partial charge in [-0.25, -0.2) is 19.9 Å². The van der Waals surface area contributed by atoms with Crippen LogP contribution in [0.2, 0.25) is 0 Å². The molecule has 0 aromatic carbocycles. The number of aromatic nitrogens is 4. The molecule has 0 radical (unpaired) electrons. The van der Waals surface area contributed by atoms with Gasteiger partial charge in [0, 0.05) is 51.0 Å². The number of nitrogens with two attached hydrogens (primary N) is 1. The first-order valence-electron chi connectivity index (χ1n) is 12.3. The summed E-state index contributed by atoms with van der Waals surface area (Å²) in [4.78, 5) is 23.0. The van der Waals surface area contributed by atoms with Crippen molar-refractivity contribution in [2.75, 3.05) is 77.2 Å². The molecule has 5 rings (SSSR count). The van der Waals surface area contributed by atoms with Crippen LogP contribution >= 0.6 is 11.3 Å². The van der Waals surface area contributed by atoms with Crippen LogP contribution in [0.15, 0.2) is 18.5 Å². The Kier molecular flexibility index (Phi) is 7.72. The summed E-state index contributed by atoms with van der Waals surface area (Å²) in [6, 6.07) is 2.00. The van der Waals surface area contributed by atoms with Gasteiger partial charge in [-0.15, -0.1) is 11.3 Å². The predicted octanol–water partition coefficient (Wildman–Crippen LogP) is -0.872. The number of hydrogen-bond acceptors (Lipinski definition) is 13. The fourth-order valence-corrected chi connectivity index (χ4v) is 9.34. The van der Waals surface area contributed by atoms with E-state index < -0.39 is 23.7 Å². The van der Waals surface area contributed by atoms with Gasteiger partial charge >= 0.3 is 20.4 Å². The molecular formula is C21H31N10O5S3+. The van der Waals surface area contributed by atoms with E-state index >= 15 is 0 Å². The third kappa shape index (κ3) is 5.18. The Morgan fingerprint density at radius 3 is 2.21 bits per heavy atom. The molecular weight excluding hydrogens is 568 g/mol. The lowest BCUT2D eigenvalue weighted by atomic mass is 10.3. The molecule has 0 saturated carbocycles. The van der Waals surface area contributed by atoms with E-state index in [0.29, 0.717) is 44.2 Å². The summed E-state index contributed by atoms with van der Waals surface area (Å²) in [7, 11) is -5.87. The molecule has 3 aromatic rings. The Morgan fingerprint density at radius 1 is 1.00 bits per heavy atom. The van der Waals surface area contributed by atoms with Gasteiger partial charge in [0.1, 0.15) is 13.1 Å². The molecule has 5 heterocycles. The molecule has 0 spiro atoms. The quantitative estimate of drug-likeness (QED) is 0.272. The number of anilines is 2.